The van der Waals surface area contributed by atoms with Crippen LogP contribution in [0, 0.1) is 18.8 Å². The standard InChI is InChI=1S/C25H25N3O5S/c1-16-5-4-6-20(13-16)34(32,33)26-18-11-9-17(10-12-18)23(29)27-14-19(15-27)28-24(30)21-7-2-3-8-22(21)25(28)31/h2-6,9-13,19,21-22,26H,7-8,14-15H2,1H3. The molecule has 2 heterocycles. The topological polar surface area (TPSA) is 104 Å². The molecule has 2 atom stereocenters. The molecular formula is C25H25N3O5S. The lowest BCUT2D eigenvalue weighted by atomic mass is 9.85. The van der Waals surface area contributed by atoms with Crippen molar-refractivity contribution in [1.29, 1.82) is 0 Å². The van der Waals surface area contributed by atoms with E-state index in [2.05, 4.69) is 4.72 Å². The summed E-state index contributed by atoms with van der Waals surface area (Å²) in [6.07, 6.45) is 5.11. The fraction of sp³-hybridized carbons (Fsp3) is 0.320. The molecule has 3 amide bonds. The lowest BCUT2D eigenvalue weighted by Gasteiger charge is -2.43. The molecule has 2 aromatic carbocycles. The zero-order valence-electron chi connectivity index (χ0n) is 18.7. The molecule has 3 aliphatic rings. The highest BCUT2D eigenvalue weighted by Gasteiger charge is 2.52. The smallest absolute Gasteiger partial charge is 0.261 e. The molecule has 0 spiro atoms. The Kier molecular flexibility index (Phi) is 5.51. The highest BCUT2D eigenvalue weighted by atomic mass is 32.2. The van der Waals surface area contributed by atoms with Crippen molar-refractivity contribution in [3.05, 3.63) is 71.8 Å². The van der Waals surface area contributed by atoms with E-state index in [0.717, 1.165) is 5.56 Å². The van der Waals surface area contributed by atoms with E-state index in [1.807, 2.05) is 25.1 Å². The van der Waals surface area contributed by atoms with E-state index < -0.39 is 10.0 Å². The molecule has 5 rings (SSSR count). The number of amides is 3. The van der Waals surface area contributed by atoms with Gasteiger partial charge >= 0.3 is 0 Å². The van der Waals surface area contributed by atoms with Crippen LogP contribution in [0.4, 0.5) is 5.69 Å². The summed E-state index contributed by atoms with van der Waals surface area (Å²) in [6, 6.07) is 12.5. The van der Waals surface area contributed by atoms with Gasteiger partial charge in [0.15, 0.2) is 0 Å². The molecule has 2 unspecified atom stereocenters. The Balaban J connectivity index is 1.21. The highest BCUT2D eigenvalue weighted by molar-refractivity contribution is 7.92. The number of fused-ring (bicyclic) bond motifs is 1. The Labute approximate surface area is 198 Å². The van der Waals surface area contributed by atoms with Crippen molar-refractivity contribution < 1.29 is 22.8 Å². The third kappa shape index (κ3) is 3.90. The summed E-state index contributed by atoms with van der Waals surface area (Å²) >= 11 is 0. The molecule has 0 bridgehead atoms. The Hall–Kier alpha value is -3.46. The van der Waals surface area contributed by atoms with Crippen LogP contribution in [-0.4, -0.2) is 55.1 Å². The van der Waals surface area contributed by atoms with E-state index in [4.69, 9.17) is 0 Å². The van der Waals surface area contributed by atoms with Gasteiger partial charge in [-0.25, -0.2) is 8.42 Å². The van der Waals surface area contributed by atoms with Gasteiger partial charge in [-0.1, -0.05) is 24.3 Å². The summed E-state index contributed by atoms with van der Waals surface area (Å²) in [7, 11) is -3.73. The van der Waals surface area contributed by atoms with Crippen LogP contribution < -0.4 is 4.72 Å². The van der Waals surface area contributed by atoms with Crippen LogP contribution in [0.15, 0.2) is 65.6 Å². The Morgan fingerprint density at radius 2 is 1.56 bits per heavy atom. The number of hydrogen-bond donors (Lipinski definition) is 1. The zero-order chi connectivity index (χ0) is 24.0. The third-order valence-corrected chi connectivity index (χ3v) is 8.12. The molecule has 176 valence electrons. The number of rotatable bonds is 5. The molecular weight excluding hydrogens is 454 g/mol. The molecule has 2 fully saturated rings. The average molecular weight is 480 g/mol. The molecule has 0 saturated carbocycles. The number of hydrogen-bond acceptors (Lipinski definition) is 5. The van der Waals surface area contributed by atoms with Gasteiger partial charge in [-0.05, 0) is 61.7 Å². The van der Waals surface area contributed by atoms with Gasteiger partial charge < -0.3 is 4.90 Å². The minimum Gasteiger partial charge on any atom is -0.334 e. The number of anilines is 1. The van der Waals surface area contributed by atoms with E-state index in [0.29, 0.717) is 37.2 Å². The predicted octanol–water partition coefficient (Wildman–Crippen LogP) is 2.57. The van der Waals surface area contributed by atoms with Gasteiger partial charge in [0, 0.05) is 24.3 Å². The van der Waals surface area contributed by atoms with E-state index in [1.165, 1.54) is 11.0 Å². The Morgan fingerprint density at radius 3 is 2.15 bits per heavy atom. The molecule has 1 N–H and O–H groups in total. The quantitative estimate of drug-likeness (QED) is 0.524. The van der Waals surface area contributed by atoms with Crippen LogP contribution in [0.1, 0.15) is 28.8 Å². The second-order valence-corrected chi connectivity index (χ2v) is 10.7. The fourth-order valence-corrected chi connectivity index (χ4v) is 5.99. The van der Waals surface area contributed by atoms with Crippen LogP contribution in [0.5, 0.6) is 0 Å². The second-order valence-electron chi connectivity index (χ2n) is 9.07. The maximum absolute atomic E-state index is 12.8. The summed E-state index contributed by atoms with van der Waals surface area (Å²) in [5.41, 5.74) is 1.60. The molecule has 2 saturated heterocycles. The monoisotopic (exact) mass is 479 g/mol. The molecule has 9 heteroatoms. The third-order valence-electron chi connectivity index (χ3n) is 6.74. The number of imide groups is 1. The van der Waals surface area contributed by atoms with Crippen LogP contribution in [0.3, 0.4) is 0 Å². The van der Waals surface area contributed by atoms with Crippen LogP contribution in [0.25, 0.3) is 0 Å². The number of aryl methyl sites for hydroxylation is 1. The molecule has 34 heavy (non-hydrogen) atoms. The SMILES string of the molecule is Cc1cccc(S(=O)(=O)Nc2ccc(C(=O)N3CC(N4C(=O)C5CC=CCC5C4=O)C3)cc2)c1. The fourth-order valence-electron chi connectivity index (χ4n) is 4.83. The second kappa shape index (κ2) is 8.39. The minimum atomic E-state index is -3.73. The first-order valence-electron chi connectivity index (χ1n) is 11.3. The first kappa shape index (κ1) is 22.3. The van der Waals surface area contributed by atoms with Gasteiger partial charge in [-0.3, -0.25) is 24.0 Å². The van der Waals surface area contributed by atoms with Crippen molar-refractivity contribution in [3.8, 4) is 0 Å². The van der Waals surface area contributed by atoms with Gasteiger partial charge in [0.2, 0.25) is 11.8 Å². The van der Waals surface area contributed by atoms with Crippen molar-refractivity contribution >= 4 is 33.4 Å². The summed E-state index contributed by atoms with van der Waals surface area (Å²) in [5.74, 6) is -0.998. The van der Waals surface area contributed by atoms with Gasteiger partial charge in [0.1, 0.15) is 0 Å². The van der Waals surface area contributed by atoms with Crippen molar-refractivity contribution in [2.45, 2.75) is 30.7 Å². The predicted molar refractivity (Wildman–Crippen MR) is 125 cm³/mol. The van der Waals surface area contributed by atoms with Crippen LogP contribution >= 0.6 is 0 Å². The van der Waals surface area contributed by atoms with Crippen molar-refractivity contribution in [3.63, 3.8) is 0 Å². The maximum Gasteiger partial charge on any atom is 0.261 e. The normalized spacial score (nSPS) is 22.5. The van der Waals surface area contributed by atoms with E-state index in [9.17, 15) is 22.8 Å². The Morgan fingerprint density at radius 1 is 0.941 bits per heavy atom. The highest BCUT2D eigenvalue weighted by Crippen LogP contribution is 2.37. The largest absolute Gasteiger partial charge is 0.334 e. The average Bonchev–Trinajstić information content (AvgIpc) is 3.04. The zero-order valence-corrected chi connectivity index (χ0v) is 19.5. The van der Waals surface area contributed by atoms with Gasteiger partial charge in [0.25, 0.3) is 15.9 Å². The summed E-state index contributed by atoms with van der Waals surface area (Å²) < 4.78 is 27.7. The number of benzene rings is 2. The Bertz CT molecular complexity index is 1270. The molecule has 2 aromatic rings. The molecule has 8 nitrogen and oxygen atoms in total. The van der Waals surface area contributed by atoms with E-state index in [-0.39, 0.29) is 40.5 Å². The molecule has 0 radical (unpaired) electrons. The number of nitrogens with zero attached hydrogens (tertiary/aromatic N) is 2. The number of carbonyl (C=O) groups excluding carboxylic acids is 3. The minimum absolute atomic E-state index is 0.123. The molecule has 0 aromatic heterocycles. The lowest BCUT2D eigenvalue weighted by Crippen LogP contribution is -2.62. The van der Waals surface area contributed by atoms with E-state index in [1.54, 1.807) is 41.3 Å². The van der Waals surface area contributed by atoms with Gasteiger partial charge in [0.05, 0.1) is 22.8 Å². The summed E-state index contributed by atoms with van der Waals surface area (Å²) in [6.45, 7) is 2.44. The molecule has 1 aliphatic carbocycles. The van der Waals surface area contributed by atoms with Crippen molar-refractivity contribution in [2.75, 3.05) is 17.8 Å². The number of likely N-dealkylation sites (tertiary alicyclic amines) is 2. The summed E-state index contributed by atoms with van der Waals surface area (Å²) in [5, 5.41) is 0. The number of sulfonamides is 1. The maximum atomic E-state index is 12.8. The van der Waals surface area contributed by atoms with Crippen molar-refractivity contribution in [1.82, 2.24) is 9.80 Å². The van der Waals surface area contributed by atoms with Crippen molar-refractivity contribution in [2.24, 2.45) is 11.8 Å². The summed E-state index contributed by atoms with van der Waals surface area (Å²) in [4.78, 5) is 41.4. The van der Waals surface area contributed by atoms with Gasteiger partial charge in [-0.15, -0.1) is 0 Å². The molecule has 2 aliphatic heterocycles. The number of nitrogens with one attached hydrogen (secondary N) is 1. The van der Waals surface area contributed by atoms with Crippen LogP contribution in [-0.2, 0) is 19.6 Å². The number of allylic oxidation sites excluding steroid dienone is 2. The first-order valence-corrected chi connectivity index (χ1v) is 12.7. The first-order chi connectivity index (χ1) is 16.2. The van der Waals surface area contributed by atoms with Gasteiger partial charge in [-0.2, -0.15) is 0 Å². The van der Waals surface area contributed by atoms with Crippen LogP contribution in [0.2, 0.25) is 0 Å². The lowest BCUT2D eigenvalue weighted by molar-refractivity contribution is -0.145. The van der Waals surface area contributed by atoms with E-state index >= 15 is 0 Å². The number of carbonyl (C=O) groups is 3.